The molecule has 4 rings (SSSR count). The van der Waals surface area contributed by atoms with Crippen LogP contribution in [0, 0.1) is 18.6 Å². The molecule has 32 heavy (non-hydrogen) atoms. The first-order valence-electron chi connectivity index (χ1n) is 10.4. The van der Waals surface area contributed by atoms with Gasteiger partial charge in [0.05, 0.1) is 0 Å². The molecule has 1 N–H and O–H groups in total. The van der Waals surface area contributed by atoms with Crippen molar-refractivity contribution in [2.45, 2.75) is 38.9 Å². The Morgan fingerprint density at radius 3 is 2.34 bits per heavy atom. The van der Waals surface area contributed by atoms with Gasteiger partial charge in [-0.25, -0.2) is 8.78 Å². The molecule has 1 aliphatic heterocycles. The summed E-state index contributed by atoms with van der Waals surface area (Å²) in [6, 6.07) is 18.1. The number of nitrogens with zero attached hydrogens (tertiary/aromatic N) is 1. The number of fused-ring (bicyclic) bond motifs is 1. The molecule has 3 aromatic carbocycles. The highest BCUT2D eigenvalue weighted by Crippen LogP contribution is 2.33. The molecule has 3 aromatic rings. The van der Waals surface area contributed by atoms with Crippen LogP contribution in [0.2, 0.25) is 0 Å². The van der Waals surface area contributed by atoms with Crippen molar-refractivity contribution >= 4 is 11.8 Å². The van der Waals surface area contributed by atoms with Crippen LogP contribution in [0.1, 0.15) is 39.5 Å². The summed E-state index contributed by atoms with van der Waals surface area (Å²) >= 11 is 0. The Hall–Kier alpha value is -3.54. The Balaban J connectivity index is 1.66. The van der Waals surface area contributed by atoms with Gasteiger partial charge in [0.15, 0.2) is 0 Å². The fourth-order valence-electron chi connectivity index (χ4n) is 4.13. The maximum absolute atomic E-state index is 13.8. The third-order valence-corrected chi connectivity index (χ3v) is 5.95. The molecule has 0 fully saturated rings. The number of benzene rings is 3. The van der Waals surface area contributed by atoms with Crippen LogP contribution in [0.5, 0.6) is 0 Å². The zero-order chi connectivity index (χ0) is 22.9. The number of nitrogens with one attached hydrogen (secondary N) is 1. The number of hydrogen-bond donors (Lipinski definition) is 1. The average Bonchev–Trinajstić information content (AvgIpc) is 2.75. The van der Waals surface area contributed by atoms with Gasteiger partial charge in [-0.3, -0.25) is 9.59 Å². The summed E-state index contributed by atoms with van der Waals surface area (Å²) in [5.74, 6) is -2.12. The number of rotatable bonds is 5. The summed E-state index contributed by atoms with van der Waals surface area (Å²) in [4.78, 5) is 28.2. The molecule has 6 heteroatoms. The van der Waals surface area contributed by atoms with E-state index in [9.17, 15) is 18.4 Å². The highest BCUT2D eigenvalue weighted by atomic mass is 19.1. The maximum atomic E-state index is 13.8. The lowest BCUT2D eigenvalue weighted by atomic mass is 9.82. The maximum Gasteiger partial charge on any atom is 0.255 e. The predicted octanol–water partition coefficient (Wildman–Crippen LogP) is 4.55. The summed E-state index contributed by atoms with van der Waals surface area (Å²) < 4.78 is 27.6. The fourth-order valence-corrected chi connectivity index (χ4v) is 4.13. The van der Waals surface area contributed by atoms with Crippen LogP contribution in [-0.4, -0.2) is 22.3 Å². The zero-order valence-corrected chi connectivity index (χ0v) is 18.0. The van der Waals surface area contributed by atoms with E-state index in [0.29, 0.717) is 18.5 Å². The Morgan fingerprint density at radius 1 is 1.00 bits per heavy atom. The van der Waals surface area contributed by atoms with Crippen molar-refractivity contribution in [3.8, 4) is 0 Å². The van der Waals surface area contributed by atoms with Gasteiger partial charge < -0.3 is 10.2 Å². The molecule has 164 valence electrons. The van der Waals surface area contributed by atoms with Crippen molar-refractivity contribution < 1.29 is 18.4 Å². The monoisotopic (exact) mass is 434 g/mol. The number of halogens is 2. The molecule has 1 atom stereocenters. The summed E-state index contributed by atoms with van der Waals surface area (Å²) in [5, 5.41) is 2.94. The van der Waals surface area contributed by atoms with Gasteiger partial charge in [-0.2, -0.15) is 0 Å². The lowest BCUT2D eigenvalue weighted by Gasteiger charge is -2.44. The minimum absolute atomic E-state index is 0.0870. The van der Waals surface area contributed by atoms with E-state index >= 15 is 0 Å². The first kappa shape index (κ1) is 21.7. The predicted molar refractivity (Wildman–Crippen MR) is 118 cm³/mol. The van der Waals surface area contributed by atoms with Crippen LogP contribution < -0.4 is 5.32 Å². The molecule has 0 unspecified atom stereocenters. The second-order valence-corrected chi connectivity index (χ2v) is 8.45. The molecule has 0 saturated heterocycles. The lowest BCUT2D eigenvalue weighted by molar-refractivity contribution is -0.132. The Kier molecular flexibility index (Phi) is 5.78. The third kappa shape index (κ3) is 4.26. The molecule has 0 aliphatic carbocycles. The van der Waals surface area contributed by atoms with Crippen LogP contribution >= 0.6 is 0 Å². The number of aryl methyl sites for hydroxylation is 1. The number of hydrogen-bond acceptors (Lipinski definition) is 2. The average molecular weight is 434 g/mol. The van der Waals surface area contributed by atoms with Gasteiger partial charge in [0, 0.05) is 31.1 Å². The van der Waals surface area contributed by atoms with Gasteiger partial charge >= 0.3 is 0 Å². The van der Waals surface area contributed by atoms with Gasteiger partial charge in [-0.1, -0.05) is 48.0 Å². The largest absolute Gasteiger partial charge is 0.350 e. The summed E-state index contributed by atoms with van der Waals surface area (Å²) in [7, 11) is 0. The van der Waals surface area contributed by atoms with E-state index in [4.69, 9.17) is 0 Å². The van der Waals surface area contributed by atoms with Crippen molar-refractivity contribution in [3.63, 3.8) is 0 Å². The normalized spacial score (nSPS) is 17.8. The molecule has 0 bridgehead atoms. The van der Waals surface area contributed by atoms with E-state index in [0.717, 1.165) is 22.8 Å². The Bertz CT molecular complexity index is 1160. The fraction of sp³-hybridized carbons (Fsp3) is 0.231. The molecule has 0 radical (unpaired) electrons. The molecule has 0 aromatic heterocycles. The van der Waals surface area contributed by atoms with Gasteiger partial charge in [-0.05, 0) is 48.7 Å². The highest BCUT2D eigenvalue weighted by molar-refractivity contribution is 6.02. The van der Waals surface area contributed by atoms with Crippen LogP contribution in [0.4, 0.5) is 8.78 Å². The number of carbonyl (C=O) groups is 2. The highest BCUT2D eigenvalue weighted by Gasteiger charge is 2.46. The molecule has 2 amide bonds. The van der Waals surface area contributed by atoms with Crippen molar-refractivity contribution in [3.05, 3.63) is 106 Å². The standard InChI is InChI=1S/C26H24F2N2O2/c1-17-7-9-18(10-8-17)15-29-25(32)26(2)14-20-5-3-4-6-23(20)24(31)30(26)16-19-11-21(27)13-22(28)12-19/h3-13H,14-16H2,1-2H3,(H,29,32)/t26-/m0/s1. The number of carbonyl (C=O) groups excluding carboxylic acids is 2. The van der Waals surface area contributed by atoms with E-state index in [2.05, 4.69) is 5.32 Å². The SMILES string of the molecule is Cc1ccc(CNC(=O)[C@]2(C)Cc3ccccc3C(=O)N2Cc2cc(F)cc(F)c2)cc1. The smallest absolute Gasteiger partial charge is 0.255 e. The summed E-state index contributed by atoms with van der Waals surface area (Å²) in [6.45, 7) is 3.91. The third-order valence-electron chi connectivity index (χ3n) is 5.95. The second kappa shape index (κ2) is 8.54. The van der Waals surface area contributed by atoms with Crippen molar-refractivity contribution in [1.82, 2.24) is 10.2 Å². The lowest BCUT2D eigenvalue weighted by Crippen LogP contribution is -2.62. The quantitative estimate of drug-likeness (QED) is 0.641. The minimum Gasteiger partial charge on any atom is -0.350 e. The first-order valence-corrected chi connectivity index (χ1v) is 10.4. The van der Waals surface area contributed by atoms with Crippen LogP contribution in [-0.2, 0) is 24.3 Å². The topological polar surface area (TPSA) is 49.4 Å². The molecular formula is C26H24F2N2O2. The molecule has 0 spiro atoms. The van der Waals surface area contributed by atoms with Gasteiger partial charge in [-0.15, -0.1) is 0 Å². The summed E-state index contributed by atoms with van der Waals surface area (Å²) in [5.41, 5.74) is 2.39. The van der Waals surface area contributed by atoms with E-state index in [-0.39, 0.29) is 23.9 Å². The summed E-state index contributed by atoms with van der Waals surface area (Å²) in [6.07, 6.45) is 0.298. The van der Waals surface area contributed by atoms with Crippen molar-refractivity contribution in [2.24, 2.45) is 0 Å². The van der Waals surface area contributed by atoms with E-state index < -0.39 is 17.2 Å². The molecule has 4 nitrogen and oxygen atoms in total. The second-order valence-electron chi connectivity index (χ2n) is 8.45. The van der Waals surface area contributed by atoms with Crippen molar-refractivity contribution in [2.75, 3.05) is 0 Å². The van der Waals surface area contributed by atoms with Crippen LogP contribution in [0.25, 0.3) is 0 Å². The van der Waals surface area contributed by atoms with Crippen LogP contribution in [0.15, 0.2) is 66.7 Å². The molecule has 1 aliphatic rings. The minimum atomic E-state index is -1.22. The van der Waals surface area contributed by atoms with Gasteiger partial charge in [0.1, 0.15) is 17.2 Å². The first-order chi connectivity index (χ1) is 15.3. The number of amides is 2. The van der Waals surface area contributed by atoms with E-state index in [1.165, 1.54) is 17.0 Å². The van der Waals surface area contributed by atoms with E-state index in [1.807, 2.05) is 43.3 Å². The Labute approximate surface area is 185 Å². The molecule has 0 saturated carbocycles. The zero-order valence-electron chi connectivity index (χ0n) is 18.0. The van der Waals surface area contributed by atoms with Crippen LogP contribution in [0.3, 0.4) is 0 Å². The van der Waals surface area contributed by atoms with Gasteiger partial charge in [0.25, 0.3) is 5.91 Å². The van der Waals surface area contributed by atoms with Gasteiger partial charge in [0.2, 0.25) is 5.91 Å². The molecular weight excluding hydrogens is 410 g/mol. The van der Waals surface area contributed by atoms with E-state index in [1.54, 1.807) is 19.1 Å². The molecule has 1 heterocycles. The Morgan fingerprint density at radius 2 is 1.66 bits per heavy atom. The van der Waals surface area contributed by atoms with Crippen molar-refractivity contribution in [1.29, 1.82) is 0 Å².